The van der Waals surface area contributed by atoms with Crippen LogP contribution in [0.5, 0.6) is 5.75 Å². The summed E-state index contributed by atoms with van der Waals surface area (Å²) in [5.74, 6) is 0.958. The van der Waals surface area contributed by atoms with Crippen molar-refractivity contribution in [3.63, 3.8) is 0 Å². The molecule has 0 spiro atoms. The Morgan fingerprint density at radius 3 is 2.80 bits per heavy atom. The van der Waals surface area contributed by atoms with Gasteiger partial charge in [0.1, 0.15) is 5.75 Å². The van der Waals surface area contributed by atoms with Crippen LogP contribution in [0.2, 0.25) is 0 Å². The number of nitrogens with two attached hydrogens (primary N) is 1. The highest BCUT2D eigenvalue weighted by molar-refractivity contribution is 5.31. The van der Waals surface area contributed by atoms with Gasteiger partial charge in [0.15, 0.2) is 0 Å². The predicted molar refractivity (Wildman–Crippen MR) is 84.0 cm³/mol. The first-order chi connectivity index (χ1) is 9.58. The molecule has 0 amide bonds. The molecular formula is C17H28N2O. The molecular weight excluding hydrogens is 248 g/mol. The molecule has 20 heavy (non-hydrogen) atoms. The van der Waals surface area contributed by atoms with Crippen LogP contribution >= 0.6 is 0 Å². The largest absolute Gasteiger partial charge is 0.494 e. The van der Waals surface area contributed by atoms with Crippen molar-refractivity contribution in [2.75, 3.05) is 19.7 Å². The van der Waals surface area contributed by atoms with Crippen LogP contribution in [0.4, 0.5) is 0 Å². The second-order valence-corrected chi connectivity index (χ2v) is 6.28. The van der Waals surface area contributed by atoms with E-state index >= 15 is 0 Å². The maximum Gasteiger partial charge on any atom is 0.119 e. The second kappa shape index (κ2) is 6.59. The maximum absolute atomic E-state index is 6.07. The topological polar surface area (TPSA) is 38.5 Å². The molecule has 1 saturated heterocycles. The molecule has 3 nitrogen and oxygen atoms in total. The number of ether oxygens (including phenoxy) is 1. The van der Waals surface area contributed by atoms with Crippen LogP contribution in [0.1, 0.15) is 51.6 Å². The quantitative estimate of drug-likeness (QED) is 0.866. The fraction of sp³-hybridized carbons (Fsp3) is 0.647. The average molecular weight is 276 g/mol. The van der Waals surface area contributed by atoms with Gasteiger partial charge in [0.05, 0.1) is 6.61 Å². The van der Waals surface area contributed by atoms with E-state index in [0.717, 1.165) is 25.3 Å². The number of nitrogens with zero attached hydrogens (tertiary/aromatic N) is 1. The van der Waals surface area contributed by atoms with Crippen LogP contribution in [0.15, 0.2) is 24.3 Å². The van der Waals surface area contributed by atoms with Crippen LogP contribution in [0, 0.1) is 0 Å². The molecule has 1 aromatic carbocycles. The van der Waals surface area contributed by atoms with E-state index in [2.05, 4.69) is 43.9 Å². The summed E-state index contributed by atoms with van der Waals surface area (Å²) in [7, 11) is 0. The first-order valence-electron chi connectivity index (χ1n) is 7.78. The van der Waals surface area contributed by atoms with E-state index in [-0.39, 0.29) is 11.6 Å². The molecule has 1 aromatic rings. The number of hydrogen-bond donors (Lipinski definition) is 1. The van der Waals surface area contributed by atoms with Crippen LogP contribution in [0.25, 0.3) is 0 Å². The highest BCUT2D eigenvalue weighted by Crippen LogP contribution is 2.36. The van der Waals surface area contributed by atoms with Gasteiger partial charge in [0, 0.05) is 18.1 Å². The number of likely N-dealkylation sites (tertiary alicyclic amines) is 1. The monoisotopic (exact) mass is 276 g/mol. The Labute approximate surface area is 123 Å². The highest BCUT2D eigenvalue weighted by Gasteiger charge is 2.36. The summed E-state index contributed by atoms with van der Waals surface area (Å²) in [4.78, 5) is 2.55. The lowest BCUT2D eigenvalue weighted by atomic mass is 9.97. The van der Waals surface area contributed by atoms with Crippen molar-refractivity contribution in [1.82, 2.24) is 4.90 Å². The van der Waals surface area contributed by atoms with Crippen LogP contribution in [0.3, 0.4) is 0 Å². The molecule has 0 saturated carbocycles. The standard InChI is InChI=1S/C17H28N2O/c1-4-11-20-15-8-5-7-14(12-15)16(13-18)19-10-6-9-17(19,2)3/h5,7-8,12,16H,4,6,9-11,13,18H2,1-3H3. The minimum Gasteiger partial charge on any atom is -0.494 e. The zero-order valence-electron chi connectivity index (χ0n) is 13.1. The molecule has 1 unspecified atom stereocenters. The van der Waals surface area contributed by atoms with Crippen LogP contribution < -0.4 is 10.5 Å². The Bertz CT molecular complexity index is 431. The van der Waals surface area contributed by atoms with Gasteiger partial charge in [-0.25, -0.2) is 0 Å². The molecule has 0 bridgehead atoms. The third-order valence-corrected chi connectivity index (χ3v) is 4.28. The zero-order valence-corrected chi connectivity index (χ0v) is 13.1. The lowest BCUT2D eigenvalue weighted by molar-refractivity contribution is 0.119. The van der Waals surface area contributed by atoms with Crippen molar-refractivity contribution in [2.45, 2.75) is 51.6 Å². The Balaban J connectivity index is 2.19. The number of benzene rings is 1. The average Bonchev–Trinajstić information content (AvgIpc) is 2.78. The molecule has 1 aliphatic rings. The van der Waals surface area contributed by atoms with E-state index in [4.69, 9.17) is 10.5 Å². The minimum atomic E-state index is 0.240. The molecule has 112 valence electrons. The Morgan fingerprint density at radius 1 is 1.40 bits per heavy atom. The van der Waals surface area contributed by atoms with Gasteiger partial charge >= 0.3 is 0 Å². The van der Waals surface area contributed by atoms with Crippen molar-refractivity contribution in [3.05, 3.63) is 29.8 Å². The molecule has 1 fully saturated rings. The van der Waals surface area contributed by atoms with Gasteiger partial charge in [-0.05, 0) is 57.4 Å². The van der Waals surface area contributed by atoms with E-state index < -0.39 is 0 Å². The van der Waals surface area contributed by atoms with Crippen molar-refractivity contribution < 1.29 is 4.74 Å². The van der Waals surface area contributed by atoms with Crippen molar-refractivity contribution in [2.24, 2.45) is 5.73 Å². The SMILES string of the molecule is CCCOc1cccc(C(CN)N2CCCC2(C)C)c1. The van der Waals surface area contributed by atoms with Gasteiger partial charge in [0.2, 0.25) is 0 Å². The summed E-state index contributed by atoms with van der Waals surface area (Å²) >= 11 is 0. The first kappa shape index (κ1) is 15.3. The fourth-order valence-corrected chi connectivity index (χ4v) is 3.18. The summed E-state index contributed by atoms with van der Waals surface area (Å²) in [5, 5.41) is 0. The number of hydrogen-bond acceptors (Lipinski definition) is 3. The summed E-state index contributed by atoms with van der Waals surface area (Å²) in [6.45, 7) is 9.32. The van der Waals surface area contributed by atoms with Gasteiger partial charge in [-0.3, -0.25) is 4.90 Å². The third kappa shape index (κ3) is 3.33. The second-order valence-electron chi connectivity index (χ2n) is 6.28. The van der Waals surface area contributed by atoms with E-state index in [0.29, 0.717) is 6.54 Å². The van der Waals surface area contributed by atoms with Gasteiger partial charge in [0.25, 0.3) is 0 Å². The Hall–Kier alpha value is -1.06. The molecule has 1 aliphatic heterocycles. The molecule has 2 N–H and O–H groups in total. The molecule has 0 radical (unpaired) electrons. The Morgan fingerprint density at radius 2 is 2.20 bits per heavy atom. The normalized spacial score (nSPS) is 20.0. The molecule has 0 aromatic heterocycles. The van der Waals surface area contributed by atoms with E-state index in [9.17, 15) is 0 Å². The number of rotatable bonds is 6. The van der Waals surface area contributed by atoms with Gasteiger partial charge in [-0.1, -0.05) is 19.1 Å². The molecule has 2 rings (SSSR count). The maximum atomic E-state index is 6.07. The van der Waals surface area contributed by atoms with E-state index in [1.54, 1.807) is 0 Å². The van der Waals surface area contributed by atoms with Gasteiger partial charge in [-0.2, -0.15) is 0 Å². The van der Waals surface area contributed by atoms with Crippen molar-refractivity contribution in [1.29, 1.82) is 0 Å². The highest BCUT2D eigenvalue weighted by atomic mass is 16.5. The summed E-state index contributed by atoms with van der Waals surface area (Å²) in [6.07, 6.45) is 3.54. The van der Waals surface area contributed by atoms with Gasteiger partial charge < -0.3 is 10.5 Å². The third-order valence-electron chi connectivity index (χ3n) is 4.28. The lowest BCUT2D eigenvalue weighted by Crippen LogP contribution is -2.43. The summed E-state index contributed by atoms with van der Waals surface area (Å²) < 4.78 is 5.75. The molecule has 1 atom stereocenters. The van der Waals surface area contributed by atoms with E-state index in [1.807, 2.05) is 6.07 Å². The lowest BCUT2D eigenvalue weighted by Gasteiger charge is -2.38. The zero-order chi connectivity index (χ0) is 14.6. The minimum absolute atomic E-state index is 0.240. The van der Waals surface area contributed by atoms with Crippen molar-refractivity contribution in [3.8, 4) is 5.75 Å². The molecule has 1 heterocycles. The van der Waals surface area contributed by atoms with Crippen molar-refractivity contribution >= 4 is 0 Å². The van der Waals surface area contributed by atoms with Crippen LogP contribution in [-0.4, -0.2) is 30.1 Å². The Kier molecular flexibility index (Phi) is 5.06. The summed E-state index contributed by atoms with van der Waals surface area (Å²) in [6, 6.07) is 8.72. The van der Waals surface area contributed by atoms with Gasteiger partial charge in [-0.15, -0.1) is 0 Å². The van der Waals surface area contributed by atoms with E-state index in [1.165, 1.54) is 18.4 Å². The smallest absolute Gasteiger partial charge is 0.119 e. The molecule has 3 heteroatoms. The predicted octanol–water partition coefficient (Wildman–Crippen LogP) is 3.35. The molecule has 0 aliphatic carbocycles. The van der Waals surface area contributed by atoms with Crippen LogP contribution in [-0.2, 0) is 0 Å². The first-order valence-corrected chi connectivity index (χ1v) is 7.78. The fourth-order valence-electron chi connectivity index (χ4n) is 3.18. The summed E-state index contributed by atoms with van der Waals surface area (Å²) in [5.41, 5.74) is 7.59.